The van der Waals surface area contributed by atoms with Crippen LogP contribution in [-0.4, -0.2) is 16.1 Å². The summed E-state index contributed by atoms with van der Waals surface area (Å²) in [6.07, 6.45) is 4.09. The molecule has 2 aromatic carbocycles. The molecule has 122 valence electrons. The average Bonchev–Trinajstić information content (AvgIpc) is 2.95. The van der Waals surface area contributed by atoms with Crippen molar-refractivity contribution < 1.29 is 0 Å². The number of hydrogen-bond acceptors (Lipinski definition) is 2. The van der Waals surface area contributed by atoms with Crippen LogP contribution in [0.2, 0.25) is 0 Å². The van der Waals surface area contributed by atoms with Crippen LogP contribution in [0.15, 0.2) is 70.8 Å². The molecule has 1 N–H and O–H groups in total. The van der Waals surface area contributed by atoms with E-state index in [2.05, 4.69) is 80.2 Å². The van der Waals surface area contributed by atoms with Crippen molar-refractivity contribution in [3.05, 3.63) is 76.4 Å². The first-order chi connectivity index (χ1) is 11.6. The first-order valence-electron chi connectivity index (χ1n) is 7.87. The highest BCUT2D eigenvalue weighted by atomic mass is 79.9. The van der Waals surface area contributed by atoms with Crippen LogP contribution >= 0.6 is 15.9 Å². The standard InChI is InChI=1S/C20H20BrN3/c1-15(12-16-6-4-3-5-7-16)13-22-20-23-14-19(24(20)2)17-8-10-18(21)11-9-17/h3-12,14H,13H2,1-2H3,(H,22,23)/b15-12+. The predicted octanol–water partition coefficient (Wildman–Crippen LogP) is 5.37. The Kier molecular flexibility index (Phi) is 5.16. The molecule has 0 amide bonds. The molecule has 1 aromatic heterocycles. The maximum atomic E-state index is 4.51. The van der Waals surface area contributed by atoms with E-state index in [0.29, 0.717) is 0 Å². The fourth-order valence-corrected chi connectivity index (χ4v) is 2.83. The maximum absolute atomic E-state index is 4.51. The summed E-state index contributed by atoms with van der Waals surface area (Å²) < 4.78 is 3.16. The Labute approximate surface area is 151 Å². The van der Waals surface area contributed by atoms with Gasteiger partial charge in [0, 0.05) is 18.1 Å². The van der Waals surface area contributed by atoms with Crippen LogP contribution < -0.4 is 5.32 Å². The minimum absolute atomic E-state index is 0.763. The molecule has 0 spiro atoms. The van der Waals surface area contributed by atoms with E-state index in [9.17, 15) is 0 Å². The predicted molar refractivity (Wildman–Crippen MR) is 105 cm³/mol. The molecule has 0 aliphatic carbocycles. The fourth-order valence-electron chi connectivity index (χ4n) is 2.57. The molecule has 0 saturated heterocycles. The third kappa shape index (κ3) is 3.95. The summed E-state index contributed by atoms with van der Waals surface area (Å²) in [5.74, 6) is 0.869. The average molecular weight is 382 g/mol. The SMILES string of the molecule is C/C(=C\c1ccccc1)CNc1ncc(-c2ccc(Br)cc2)n1C. The molecule has 0 aliphatic rings. The van der Waals surface area contributed by atoms with E-state index in [1.165, 1.54) is 11.1 Å². The highest BCUT2D eigenvalue weighted by Crippen LogP contribution is 2.23. The molecule has 0 unspecified atom stereocenters. The van der Waals surface area contributed by atoms with E-state index < -0.39 is 0 Å². The van der Waals surface area contributed by atoms with Gasteiger partial charge in [-0.2, -0.15) is 0 Å². The second kappa shape index (κ2) is 7.49. The van der Waals surface area contributed by atoms with E-state index in [-0.39, 0.29) is 0 Å². The van der Waals surface area contributed by atoms with E-state index in [1.54, 1.807) is 0 Å². The van der Waals surface area contributed by atoms with Crippen molar-refractivity contribution in [2.24, 2.45) is 7.05 Å². The van der Waals surface area contributed by atoms with Crippen molar-refractivity contribution in [3.63, 3.8) is 0 Å². The lowest BCUT2D eigenvalue weighted by atomic mass is 10.1. The fraction of sp³-hybridized carbons (Fsp3) is 0.150. The zero-order valence-corrected chi connectivity index (χ0v) is 15.4. The van der Waals surface area contributed by atoms with Gasteiger partial charge >= 0.3 is 0 Å². The van der Waals surface area contributed by atoms with Crippen molar-refractivity contribution in [3.8, 4) is 11.3 Å². The van der Waals surface area contributed by atoms with E-state index >= 15 is 0 Å². The molecule has 0 bridgehead atoms. The first-order valence-corrected chi connectivity index (χ1v) is 8.66. The first kappa shape index (κ1) is 16.5. The number of nitrogens with one attached hydrogen (secondary N) is 1. The molecular formula is C20H20BrN3. The van der Waals surface area contributed by atoms with Crippen LogP contribution in [0.3, 0.4) is 0 Å². The number of benzene rings is 2. The van der Waals surface area contributed by atoms with Gasteiger partial charge in [0.05, 0.1) is 11.9 Å². The summed E-state index contributed by atoms with van der Waals surface area (Å²) in [6, 6.07) is 18.6. The van der Waals surface area contributed by atoms with E-state index in [0.717, 1.165) is 28.2 Å². The van der Waals surface area contributed by atoms with Crippen molar-refractivity contribution in [1.29, 1.82) is 0 Å². The molecule has 4 heteroatoms. The number of halogens is 1. The minimum atomic E-state index is 0.763. The topological polar surface area (TPSA) is 29.9 Å². The van der Waals surface area contributed by atoms with Crippen molar-refractivity contribution in [2.45, 2.75) is 6.92 Å². The summed E-state index contributed by atoms with van der Waals surface area (Å²) in [7, 11) is 2.03. The molecule has 3 nitrogen and oxygen atoms in total. The summed E-state index contributed by atoms with van der Waals surface area (Å²) in [4.78, 5) is 4.51. The smallest absolute Gasteiger partial charge is 0.203 e. The maximum Gasteiger partial charge on any atom is 0.203 e. The van der Waals surface area contributed by atoms with Gasteiger partial charge in [-0.05, 0) is 30.2 Å². The van der Waals surface area contributed by atoms with Crippen LogP contribution in [0.4, 0.5) is 5.95 Å². The monoisotopic (exact) mass is 381 g/mol. The molecular weight excluding hydrogens is 362 g/mol. The van der Waals surface area contributed by atoms with Crippen LogP contribution in [0, 0.1) is 0 Å². The van der Waals surface area contributed by atoms with Gasteiger partial charge in [0.25, 0.3) is 0 Å². The number of hydrogen-bond donors (Lipinski definition) is 1. The Hall–Kier alpha value is -2.33. The van der Waals surface area contributed by atoms with Crippen molar-refractivity contribution in [1.82, 2.24) is 9.55 Å². The Balaban J connectivity index is 1.70. The van der Waals surface area contributed by atoms with E-state index in [1.807, 2.05) is 31.4 Å². The minimum Gasteiger partial charge on any atom is -0.352 e. The summed E-state index contributed by atoms with van der Waals surface area (Å²) in [5.41, 5.74) is 4.72. The number of rotatable bonds is 5. The largest absolute Gasteiger partial charge is 0.352 e. The summed E-state index contributed by atoms with van der Waals surface area (Å²) in [5, 5.41) is 3.41. The summed E-state index contributed by atoms with van der Waals surface area (Å²) >= 11 is 3.47. The normalized spacial score (nSPS) is 11.5. The number of anilines is 1. The van der Waals surface area contributed by atoms with Gasteiger partial charge in [-0.25, -0.2) is 4.98 Å². The lowest BCUT2D eigenvalue weighted by Gasteiger charge is -2.09. The second-order valence-electron chi connectivity index (χ2n) is 5.79. The zero-order valence-electron chi connectivity index (χ0n) is 13.8. The highest BCUT2D eigenvalue weighted by molar-refractivity contribution is 9.10. The number of nitrogens with zero attached hydrogens (tertiary/aromatic N) is 2. The highest BCUT2D eigenvalue weighted by Gasteiger charge is 2.08. The van der Waals surface area contributed by atoms with Crippen LogP contribution in [0.5, 0.6) is 0 Å². The molecule has 0 saturated carbocycles. The number of imidazole rings is 1. The van der Waals surface area contributed by atoms with Crippen molar-refractivity contribution >= 4 is 28.0 Å². The second-order valence-corrected chi connectivity index (χ2v) is 6.70. The van der Waals surface area contributed by atoms with Crippen LogP contribution in [0.1, 0.15) is 12.5 Å². The quantitative estimate of drug-likeness (QED) is 0.643. The zero-order chi connectivity index (χ0) is 16.9. The van der Waals surface area contributed by atoms with Crippen molar-refractivity contribution in [2.75, 3.05) is 11.9 Å². The summed E-state index contributed by atoms with van der Waals surface area (Å²) in [6.45, 7) is 2.89. The van der Waals surface area contributed by atoms with Gasteiger partial charge in [0.1, 0.15) is 0 Å². The van der Waals surface area contributed by atoms with Crippen LogP contribution in [-0.2, 0) is 7.05 Å². The Morgan fingerprint density at radius 3 is 2.54 bits per heavy atom. The lowest BCUT2D eigenvalue weighted by molar-refractivity contribution is 0.916. The lowest BCUT2D eigenvalue weighted by Crippen LogP contribution is -2.08. The Morgan fingerprint density at radius 2 is 1.83 bits per heavy atom. The molecule has 24 heavy (non-hydrogen) atoms. The van der Waals surface area contributed by atoms with Gasteiger partial charge in [0.15, 0.2) is 0 Å². The van der Waals surface area contributed by atoms with Crippen LogP contribution in [0.25, 0.3) is 17.3 Å². The van der Waals surface area contributed by atoms with E-state index in [4.69, 9.17) is 0 Å². The third-order valence-electron chi connectivity index (χ3n) is 3.87. The molecule has 3 aromatic rings. The van der Waals surface area contributed by atoms with Gasteiger partial charge < -0.3 is 9.88 Å². The van der Waals surface area contributed by atoms with Gasteiger partial charge in [-0.1, -0.05) is 70.0 Å². The van der Waals surface area contributed by atoms with Gasteiger partial charge in [-0.3, -0.25) is 0 Å². The molecule has 0 radical (unpaired) electrons. The molecule has 0 aliphatic heterocycles. The Morgan fingerprint density at radius 1 is 1.12 bits per heavy atom. The Bertz CT molecular complexity index is 833. The molecule has 0 fully saturated rings. The molecule has 3 rings (SSSR count). The molecule has 1 heterocycles. The molecule has 0 atom stereocenters. The van der Waals surface area contributed by atoms with Gasteiger partial charge in [0.2, 0.25) is 5.95 Å². The van der Waals surface area contributed by atoms with Gasteiger partial charge in [-0.15, -0.1) is 0 Å². The number of aromatic nitrogens is 2. The third-order valence-corrected chi connectivity index (χ3v) is 4.39.